The number of sulfonamides is 1. The number of carbonyl (C=O) groups is 2. The number of nitrogens with zero attached hydrogens (tertiary/aromatic N) is 1. The van der Waals surface area contributed by atoms with E-state index < -0.39 is 28.0 Å². The molecule has 0 fully saturated rings. The molecule has 1 aromatic carbocycles. The molecule has 0 aliphatic rings. The fourth-order valence-electron chi connectivity index (χ4n) is 2.78. The fourth-order valence-corrected chi connectivity index (χ4v) is 4.49. The molecule has 0 unspecified atom stereocenters. The summed E-state index contributed by atoms with van der Waals surface area (Å²) in [6, 6.07) is 6.10. The Kier molecular flexibility index (Phi) is 7.21. The predicted molar refractivity (Wildman–Crippen MR) is 108 cm³/mol. The first kappa shape index (κ1) is 22.6. The highest BCUT2D eigenvalue weighted by molar-refractivity contribution is 7.89. The van der Waals surface area contributed by atoms with E-state index in [0.29, 0.717) is 30.1 Å². The van der Waals surface area contributed by atoms with Gasteiger partial charge in [0.2, 0.25) is 10.0 Å². The molecule has 1 atom stereocenters. The monoisotopic (exact) mass is 422 g/mol. The van der Waals surface area contributed by atoms with Gasteiger partial charge in [-0.25, -0.2) is 13.2 Å². The first-order chi connectivity index (χ1) is 13.6. The number of hydrogen-bond acceptors (Lipinski definition) is 6. The normalized spacial score (nSPS) is 12.6. The molecule has 2 aromatic rings. The third kappa shape index (κ3) is 5.04. The molecule has 0 saturated heterocycles. The molecule has 9 heteroatoms. The molecule has 29 heavy (non-hydrogen) atoms. The molecule has 0 spiro atoms. The van der Waals surface area contributed by atoms with Crippen molar-refractivity contribution in [1.82, 2.24) is 4.31 Å². The lowest BCUT2D eigenvalue weighted by Crippen LogP contribution is -2.32. The van der Waals surface area contributed by atoms with Crippen LogP contribution in [-0.4, -0.2) is 43.8 Å². The summed E-state index contributed by atoms with van der Waals surface area (Å²) in [6.07, 6.45) is 0.279. The lowest BCUT2D eigenvalue weighted by Gasteiger charge is -2.20. The Bertz CT molecular complexity index is 992. The molecule has 0 radical (unpaired) electrons. The van der Waals surface area contributed by atoms with E-state index in [1.165, 1.54) is 29.6 Å². The lowest BCUT2D eigenvalue weighted by molar-refractivity contribution is -0.123. The Morgan fingerprint density at radius 1 is 1.17 bits per heavy atom. The minimum absolute atomic E-state index is 0.123. The number of ether oxygens (including phenoxy) is 1. The number of aryl methyl sites for hydroxylation is 2. The zero-order valence-corrected chi connectivity index (χ0v) is 18.0. The Labute approximate surface area is 170 Å². The van der Waals surface area contributed by atoms with Crippen LogP contribution in [0.15, 0.2) is 39.8 Å². The fraction of sp³-hybridized carbons (Fsp3) is 0.400. The molecule has 0 bridgehead atoms. The molecule has 0 aliphatic heterocycles. The van der Waals surface area contributed by atoms with E-state index in [0.717, 1.165) is 0 Å². The molecule has 1 heterocycles. The van der Waals surface area contributed by atoms with E-state index in [-0.39, 0.29) is 10.5 Å². The Morgan fingerprint density at radius 2 is 1.83 bits per heavy atom. The van der Waals surface area contributed by atoms with Crippen LogP contribution in [0.3, 0.4) is 0 Å². The Balaban J connectivity index is 2.16. The summed E-state index contributed by atoms with van der Waals surface area (Å²) in [5.41, 5.74) is 1.12. The standard InChI is InChI=1S/C20H26N2O6S/c1-6-22(7-2)29(25,26)18-12-16(9-8-13(18)3)21-19(23)15(5)28-20(24)17-10-11-27-14(17)4/h8-12,15H,6-7H2,1-5H3,(H,21,23)/t15-/m0/s1. The van der Waals surface area contributed by atoms with Crippen molar-refractivity contribution in [2.45, 2.75) is 45.6 Å². The van der Waals surface area contributed by atoms with Gasteiger partial charge in [-0.2, -0.15) is 4.31 Å². The van der Waals surface area contributed by atoms with Crippen LogP contribution in [0, 0.1) is 13.8 Å². The zero-order chi connectivity index (χ0) is 21.8. The van der Waals surface area contributed by atoms with Gasteiger partial charge in [0.05, 0.1) is 11.2 Å². The van der Waals surface area contributed by atoms with Gasteiger partial charge in [0, 0.05) is 18.8 Å². The maximum Gasteiger partial charge on any atom is 0.342 e. The van der Waals surface area contributed by atoms with Crippen LogP contribution < -0.4 is 5.32 Å². The maximum atomic E-state index is 12.8. The highest BCUT2D eigenvalue weighted by atomic mass is 32.2. The summed E-state index contributed by atoms with van der Waals surface area (Å²) in [5, 5.41) is 2.60. The van der Waals surface area contributed by atoms with Gasteiger partial charge in [0.25, 0.3) is 5.91 Å². The van der Waals surface area contributed by atoms with Crippen molar-refractivity contribution in [3.05, 3.63) is 47.4 Å². The molecular weight excluding hydrogens is 396 g/mol. The highest BCUT2D eigenvalue weighted by Gasteiger charge is 2.25. The van der Waals surface area contributed by atoms with Crippen molar-refractivity contribution in [2.75, 3.05) is 18.4 Å². The number of esters is 1. The number of anilines is 1. The van der Waals surface area contributed by atoms with E-state index in [1.54, 1.807) is 39.8 Å². The molecule has 1 N–H and O–H groups in total. The molecule has 0 aliphatic carbocycles. The molecule has 1 amide bonds. The van der Waals surface area contributed by atoms with Gasteiger partial charge in [0.1, 0.15) is 11.3 Å². The quantitative estimate of drug-likeness (QED) is 0.655. The topological polar surface area (TPSA) is 106 Å². The molecular formula is C20H26N2O6S. The molecule has 2 rings (SSSR count). The number of amides is 1. The van der Waals surface area contributed by atoms with Crippen molar-refractivity contribution in [3.63, 3.8) is 0 Å². The molecule has 1 aromatic heterocycles. The SMILES string of the molecule is CCN(CC)S(=O)(=O)c1cc(NC(=O)[C@H](C)OC(=O)c2ccoc2C)ccc1C. The number of hydrogen-bond donors (Lipinski definition) is 1. The smallest absolute Gasteiger partial charge is 0.342 e. The minimum Gasteiger partial charge on any atom is -0.469 e. The van der Waals surface area contributed by atoms with Crippen molar-refractivity contribution < 1.29 is 27.2 Å². The number of rotatable bonds is 8. The van der Waals surface area contributed by atoms with Crippen LogP contribution in [0.4, 0.5) is 5.69 Å². The number of carbonyl (C=O) groups excluding carboxylic acids is 2. The van der Waals surface area contributed by atoms with Gasteiger partial charge in [0.15, 0.2) is 6.10 Å². The summed E-state index contributed by atoms with van der Waals surface area (Å²) in [7, 11) is -3.68. The van der Waals surface area contributed by atoms with Gasteiger partial charge in [-0.1, -0.05) is 19.9 Å². The van der Waals surface area contributed by atoms with E-state index in [9.17, 15) is 18.0 Å². The van der Waals surface area contributed by atoms with Crippen LogP contribution in [0.25, 0.3) is 0 Å². The predicted octanol–water partition coefficient (Wildman–Crippen LogP) is 3.11. The average Bonchev–Trinajstić information content (AvgIpc) is 3.09. The highest BCUT2D eigenvalue weighted by Crippen LogP contribution is 2.24. The van der Waals surface area contributed by atoms with Crippen molar-refractivity contribution in [1.29, 1.82) is 0 Å². The van der Waals surface area contributed by atoms with E-state index >= 15 is 0 Å². The summed E-state index contributed by atoms with van der Waals surface area (Å²) in [6.45, 7) is 8.96. The van der Waals surface area contributed by atoms with E-state index in [4.69, 9.17) is 9.15 Å². The van der Waals surface area contributed by atoms with Crippen LogP contribution in [-0.2, 0) is 19.6 Å². The van der Waals surface area contributed by atoms with Gasteiger partial charge in [-0.3, -0.25) is 4.79 Å². The Hall–Kier alpha value is -2.65. The van der Waals surface area contributed by atoms with Gasteiger partial charge in [-0.15, -0.1) is 0 Å². The third-order valence-electron chi connectivity index (χ3n) is 4.51. The summed E-state index contributed by atoms with van der Waals surface area (Å²) in [4.78, 5) is 24.7. The number of furan rings is 1. The number of benzene rings is 1. The van der Waals surface area contributed by atoms with Crippen molar-refractivity contribution in [2.24, 2.45) is 0 Å². The maximum absolute atomic E-state index is 12.8. The van der Waals surface area contributed by atoms with Gasteiger partial charge >= 0.3 is 5.97 Å². The molecule has 0 saturated carbocycles. The largest absolute Gasteiger partial charge is 0.469 e. The van der Waals surface area contributed by atoms with Gasteiger partial charge < -0.3 is 14.5 Å². The van der Waals surface area contributed by atoms with Gasteiger partial charge in [-0.05, 0) is 44.5 Å². The van der Waals surface area contributed by atoms with Crippen LogP contribution in [0.1, 0.15) is 42.5 Å². The summed E-state index contributed by atoms with van der Waals surface area (Å²) < 4.78 is 37.2. The van der Waals surface area contributed by atoms with Crippen molar-refractivity contribution in [3.8, 4) is 0 Å². The second kappa shape index (κ2) is 9.23. The Morgan fingerprint density at radius 3 is 2.38 bits per heavy atom. The van der Waals surface area contributed by atoms with E-state index in [1.807, 2.05) is 0 Å². The first-order valence-electron chi connectivity index (χ1n) is 9.28. The minimum atomic E-state index is -3.68. The van der Waals surface area contributed by atoms with E-state index in [2.05, 4.69) is 5.32 Å². The molecule has 158 valence electrons. The lowest BCUT2D eigenvalue weighted by atomic mass is 10.2. The average molecular weight is 423 g/mol. The number of nitrogens with one attached hydrogen (secondary N) is 1. The zero-order valence-electron chi connectivity index (χ0n) is 17.2. The summed E-state index contributed by atoms with van der Waals surface area (Å²) >= 11 is 0. The third-order valence-corrected chi connectivity index (χ3v) is 6.70. The first-order valence-corrected chi connectivity index (χ1v) is 10.7. The van der Waals surface area contributed by atoms with Crippen LogP contribution >= 0.6 is 0 Å². The summed E-state index contributed by atoms with van der Waals surface area (Å²) in [5.74, 6) is -0.852. The van der Waals surface area contributed by atoms with Crippen molar-refractivity contribution >= 4 is 27.6 Å². The second-order valence-corrected chi connectivity index (χ2v) is 8.40. The van der Waals surface area contributed by atoms with Crippen LogP contribution in [0.2, 0.25) is 0 Å². The van der Waals surface area contributed by atoms with Crippen LogP contribution in [0.5, 0.6) is 0 Å². The second-order valence-electron chi connectivity index (χ2n) is 6.50. The molecule has 8 nitrogen and oxygen atoms in total.